The lowest BCUT2D eigenvalue weighted by Gasteiger charge is -2.21. The van der Waals surface area contributed by atoms with Gasteiger partial charge in [0.15, 0.2) is 0 Å². The largest absolute Gasteiger partial charge is 0.348 e. The minimum absolute atomic E-state index is 0.0402. The summed E-state index contributed by atoms with van der Waals surface area (Å²) >= 11 is 3.30. The van der Waals surface area contributed by atoms with Crippen molar-refractivity contribution in [3.8, 4) is 11.3 Å². The van der Waals surface area contributed by atoms with Gasteiger partial charge in [0.2, 0.25) is 5.95 Å². The molecule has 2 aromatic heterocycles. The summed E-state index contributed by atoms with van der Waals surface area (Å²) < 4.78 is 0. The second kappa shape index (κ2) is 7.13. The average Bonchev–Trinajstić information content (AvgIpc) is 3.04. The lowest BCUT2D eigenvalue weighted by atomic mass is 9.97. The fourth-order valence-electron chi connectivity index (χ4n) is 3.42. The van der Waals surface area contributed by atoms with Crippen LogP contribution in [-0.4, -0.2) is 40.9 Å². The van der Waals surface area contributed by atoms with E-state index in [9.17, 15) is 4.79 Å². The highest BCUT2D eigenvalue weighted by Gasteiger charge is 2.25. The number of hydrogen-bond donors (Lipinski definition) is 1. The maximum Gasteiger partial charge on any atom is 0.263 e. The molecule has 0 saturated carbocycles. The molecule has 0 fully saturated rings. The van der Waals surface area contributed by atoms with Crippen LogP contribution in [-0.2, 0) is 5.75 Å². The van der Waals surface area contributed by atoms with Gasteiger partial charge in [0.25, 0.3) is 5.91 Å². The van der Waals surface area contributed by atoms with Crippen LogP contribution in [0.15, 0.2) is 40.5 Å². The number of aromatic nitrogens is 2. The first-order chi connectivity index (χ1) is 12.9. The molecular formula is C20H22N4OS2. The van der Waals surface area contributed by atoms with E-state index in [0.717, 1.165) is 33.2 Å². The lowest BCUT2D eigenvalue weighted by Crippen LogP contribution is -2.21. The van der Waals surface area contributed by atoms with Crippen molar-refractivity contribution in [2.75, 3.05) is 19.4 Å². The van der Waals surface area contributed by atoms with Gasteiger partial charge in [0.05, 0.1) is 21.5 Å². The van der Waals surface area contributed by atoms with Crippen LogP contribution in [0, 0.1) is 0 Å². The lowest BCUT2D eigenvalue weighted by molar-refractivity contribution is 0.0832. The average molecular weight is 399 g/mol. The van der Waals surface area contributed by atoms with Crippen molar-refractivity contribution in [2.24, 2.45) is 0 Å². The molecule has 1 amide bonds. The van der Waals surface area contributed by atoms with E-state index in [0.29, 0.717) is 5.95 Å². The highest BCUT2D eigenvalue weighted by Crippen LogP contribution is 2.44. The summed E-state index contributed by atoms with van der Waals surface area (Å²) in [5.74, 6) is 1.54. The van der Waals surface area contributed by atoms with Crippen molar-refractivity contribution in [2.45, 2.75) is 37.0 Å². The molecule has 3 heterocycles. The SMILES string of the molecule is CC1=CC(Nc2ncc3c(n2)-c2cc(C(=O)N(C)C)sc2CS3)CC(C)=C1. The number of nitrogens with zero attached hydrogens (tertiary/aromatic N) is 3. The van der Waals surface area contributed by atoms with Gasteiger partial charge in [0, 0.05) is 36.5 Å². The van der Waals surface area contributed by atoms with Crippen LogP contribution >= 0.6 is 23.1 Å². The molecule has 1 unspecified atom stereocenters. The molecule has 1 atom stereocenters. The first kappa shape index (κ1) is 18.3. The minimum Gasteiger partial charge on any atom is -0.348 e. The van der Waals surface area contributed by atoms with Crippen molar-refractivity contribution in [1.29, 1.82) is 0 Å². The third kappa shape index (κ3) is 3.66. The summed E-state index contributed by atoms with van der Waals surface area (Å²) in [4.78, 5) is 26.3. The molecule has 27 heavy (non-hydrogen) atoms. The molecule has 1 aliphatic carbocycles. The van der Waals surface area contributed by atoms with Crippen LogP contribution < -0.4 is 5.32 Å². The Morgan fingerprint density at radius 2 is 2.15 bits per heavy atom. The normalized spacial score (nSPS) is 18.1. The number of anilines is 1. The molecule has 0 aromatic carbocycles. The van der Waals surface area contributed by atoms with Gasteiger partial charge in [-0.2, -0.15) is 0 Å². The molecule has 0 spiro atoms. The number of nitrogens with one attached hydrogen (secondary N) is 1. The molecule has 0 bridgehead atoms. The molecule has 2 aliphatic rings. The smallest absolute Gasteiger partial charge is 0.263 e. The Bertz CT molecular complexity index is 974. The van der Waals surface area contributed by atoms with E-state index in [2.05, 4.69) is 36.3 Å². The van der Waals surface area contributed by atoms with Crippen LogP contribution in [0.1, 0.15) is 34.8 Å². The highest BCUT2D eigenvalue weighted by molar-refractivity contribution is 7.98. The van der Waals surface area contributed by atoms with Crippen molar-refractivity contribution in [3.05, 3.63) is 45.3 Å². The van der Waals surface area contributed by atoms with Gasteiger partial charge >= 0.3 is 0 Å². The van der Waals surface area contributed by atoms with E-state index in [1.54, 1.807) is 42.1 Å². The Kier molecular flexibility index (Phi) is 4.82. The zero-order chi connectivity index (χ0) is 19.1. The highest BCUT2D eigenvalue weighted by atomic mass is 32.2. The summed E-state index contributed by atoms with van der Waals surface area (Å²) in [6.07, 6.45) is 7.28. The van der Waals surface area contributed by atoms with Crippen LogP contribution in [0.3, 0.4) is 0 Å². The molecule has 1 aliphatic heterocycles. The van der Waals surface area contributed by atoms with Crippen LogP contribution in [0.2, 0.25) is 0 Å². The number of fused-ring (bicyclic) bond motifs is 3. The summed E-state index contributed by atoms with van der Waals surface area (Å²) in [6.45, 7) is 4.26. The molecular weight excluding hydrogens is 376 g/mol. The second-order valence-electron chi connectivity index (χ2n) is 7.20. The number of carbonyl (C=O) groups is 1. The fourth-order valence-corrected chi connectivity index (χ4v) is 5.67. The van der Waals surface area contributed by atoms with E-state index < -0.39 is 0 Å². The maximum atomic E-state index is 12.3. The third-order valence-electron chi connectivity index (χ3n) is 4.59. The Labute approximate surface area is 167 Å². The van der Waals surface area contributed by atoms with Gasteiger partial charge in [0.1, 0.15) is 0 Å². The maximum absolute atomic E-state index is 12.3. The summed E-state index contributed by atoms with van der Waals surface area (Å²) in [6, 6.07) is 2.19. The Hall–Kier alpha value is -2.12. The predicted molar refractivity (Wildman–Crippen MR) is 112 cm³/mol. The monoisotopic (exact) mass is 398 g/mol. The fraction of sp³-hybridized carbons (Fsp3) is 0.350. The zero-order valence-corrected chi connectivity index (χ0v) is 17.5. The van der Waals surface area contributed by atoms with Gasteiger partial charge in [-0.1, -0.05) is 23.3 Å². The number of rotatable bonds is 3. The molecule has 4 rings (SSSR count). The second-order valence-corrected chi connectivity index (χ2v) is 9.35. The molecule has 1 N–H and O–H groups in total. The van der Waals surface area contributed by atoms with Crippen LogP contribution in [0.25, 0.3) is 11.3 Å². The van der Waals surface area contributed by atoms with Crippen molar-refractivity contribution < 1.29 is 4.79 Å². The number of allylic oxidation sites excluding steroid dienone is 2. The first-order valence-electron chi connectivity index (χ1n) is 8.87. The topological polar surface area (TPSA) is 58.1 Å². The van der Waals surface area contributed by atoms with E-state index in [-0.39, 0.29) is 11.9 Å². The van der Waals surface area contributed by atoms with E-state index in [1.165, 1.54) is 16.0 Å². The standard InChI is InChI=1S/C20H22N4OS2/c1-11-5-12(2)7-13(6-11)22-20-21-9-16-18(23-20)14-8-15(19(25)24(3)4)27-17(14)10-26-16/h5-6,8-9,13H,7,10H2,1-4H3,(H,21,22,23). The van der Waals surface area contributed by atoms with Crippen LogP contribution in [0.5, 0.6) is 0 Å². The van der Waals surface area contributed by atoms with Crippen molar-refractivity contribution in [3.63, 3.8) is 0 Å². The molecule has 2 aromatic rings. The van der Waals surface area contributed by atoms with Crippen LogP contribution in [0.4, 0.5) is 5.95 Å². The van der Waals surface area contributed by atoms with Crippen molar-refractivity contribution in [1.82, 2.24) is 14.9 Å². The van der Waals surface area contributed by atoms with E-state index in [1.807, 2.05) is 12.3 Å². The van der Waals surface area contributed by atoms with E-state index in [4.69, 9.17) is 4.98 Å². The molecule has 0 radical (unpaired) electrons. The number of hydrogen-bond acceptors (Lipinski definition) is 6. The van der Waals surface area contributed by atoms with Gasteiger partial charge < -0.3 is 10.2 Å². The molecule has 7 heteroatoms. The Balaban J connectivity index is 1.64. The summed E-state index contributed by atoms with van der Waals surface area (Å²) in [5.41, 5.74) is 4.61. The molecule has 5 nitrogen and oxygen atoms in total. The zero-order valence-electron chi connectivity index (χ0n) is 15.9. The predicted octanol–water partition coefficient (Wildman–Crippen LogP) is 4.59. The molecule has 140 valence electrons. The summed E-state index contributed by atoms with van der Waals surface area (Å²) in [5, 5.41) is 3.45. The number of thiophene rings is 1. The Morgan fingerprint density at radius 3 is 2.89 bits per heavy atom. The number of carbonyl (C=O) groups excluding carboxylic acids is 1. The Morgan fingerprint density at radius 1 is 1.33 bits per heavy atom. The first-order valence-corrected chi connectivity index (χ1v) is 10.7. The third-order valence-corrected chi connectivity index (χ3v) is 6.94. The van der Waals surface area contributed by atoms with Gasteiger partial charge in [-0.15, -0.1) is 23.1 Å². The number of amides is 1. The quantitative estimate of drug-likeness (QED) is 0.819. The summed E-state index contributed by atoms with van der Waals surface area (Å²) in [7, 11) is 3.56. The van der Waals surface area contributed by atoms with Crippen molar-refractivity contribution >= 4 is 35.0 Å². The van der Waals surface area contributed by atoms with Gasteiger partial charge in [-0.25, -0.2) is 9.97 Å². The van der Waals surface area contributed by atoms with Gasteiger partial charge in [-0.05, 0) is 26.3 Å². The molecule has 0 saturated heterocycles. The van der Waals surface area contributed by atoms with E-state index >= 15 is 0 Å². The minimum atomic E-state index is 0.0402. The number of thioether (sulfide) groups is 1. The van der Waals surface area contributed by atoms with Gasteiger partial charge in [-0.3, -0.25) is 4.79 Å².